The number of fused-ring (bicyclic) bond motifs is 1. The van der Waals surface area contributed by atoms with Gasteiger partial charge in [0.05, 0.1) is 12.1 Å². The van der Waals surface area contributed by atoms with Gasteiger partial charge in [-0.15, -0.1) is 0 Å². The average Bonchev–Trinajstić information content (AvgIpc) is 2.73. The van der Waals surface area contributed by atoms with Crippen molar-refractivity contribution in [1.29, 1.82) is 0 Å². The highest BCUT2D eigenvalue weighted by molar-refractivity contribution is 6.32. The SMILES string of the molecule is CNCCc1c(C(C)C)[nH]c2cc(Cl)c(OC)cc12. The van der Waals surface area contributed by atoms with Gasteiger partial charge in [-0.3, -0.25) is 0 Å². The summed E-state index contributed by atoms with van der Waals surface area (Å²) in [5.74, 6) is 1.19. The van der Waals surface area contributed by atoms with Crippen LogP contribution in [0, 0.1) is 0 Å². The zero-order valence-corrected chi connectivity index (χ0v) is 12.7. The molecule has 2 rings (SSSR count). The van der Waals surface area contributed by atoms with Gasteiger partial charge < -0.3 is 15.0 Å². The Morgan fingerprint density at radius 1 is 1.37 bits per heavy atom. The van der Waals surface area contributed by atoms with Crippen molar-refractivity contribution in [3.05, 3.63) is 28.4 Å². The number of aromatic amines is 1. The first-order chi connectivity index (χ1) is 9.08. The van der Waals surface area contributed by atoms with Gasteiger partial charge in [0.2, 0.25) is 0 Å². The molecule has 1 heterocycles. The fourth-order valence-corrected chi connectivity index (χ4v) is 2.68. The molecule has 0 spiro atoms. The number of methoxy groups -OCH3 is 1. The molecule has 0 bridgehead atoms. The molecular weight excluding hydrogens is 260 g/mol. The molecule has 0 aliphatic heterocycles. The number of hydrogen-bond acceptors (Lipinski definition) is 2. The topological polar surface area (TPSA) is 37.0 Å². The second-order valence-corrected chi connectivity index (χ2v) is 5.47. The fraction of sp³-hybridized carbons (Fsp3) is 0.467. The molecule has 0 amide bonds. The van der Waals surface area contributed by atoms with E-state index in [1.807, 2.05) is 19.2 Å². The Kier molecular flexibility index (Phi) is 4.38. The number of aromatic nitrogens is 1. The maximum absolute atomic E-state index is 6.19. The first-order valence-corrected chi connectivity index (χ1v) is 6.98. The summed E-state index contributed by atoms with van der Waals surface area (Å²) in [5.41, 5.74) is 3.73. The van der Waals surface area contributed by atoms with Crippen LogP contribution in [0.25, 0.3) is 10.9 Å². The van der Waals surface area contributed by atoms with Crippen LogP contribution in [0.3, 0.4) is 0 Å². The van der Waals surface area contributed by atoms with Gasteiger partial charge in [0.1, 0.15) is 5.75 Å². The van der Waals surface area contributed by atoms with E-state index < -0.39 is 0 Å². The van der Waals surface area contributed by atoms with Crippen molar-refractivity contribution in [1.82, 2.24) is 10.3 Å². The van der Waals surface area contributed by atoms with Crippen LogP contribution in [0.2, 0.25) is 5.02 Å². The molecule has 2 aromatic rings. The largest absolute Gasteiger partial charge is 0.495 e. The van der Waals surface area contributed by atoms with Crippen LogP contribution in [0.1, 0.15) is 31.0 Å². The molecule has 19 heavy (non-hydrogen) atoms. The number of benzene rings is 1. The lowest BCUT2D eigenvalue weighted by Crippen LogP contribution is -2.11. The predicted octanol–water partition coefficient (Wildman–Crippen LogP) is 3.72. The minimum absolute atomic E-state index is 0.462. The van der Waals surface area contributed by atoms with Gasteiger partial charge in [-0.1, -0.05) is 25.4 Å². The minimum atomic E-state index is 0.462. The molecule has 1 aromatic heterocycles. The number of halogens is 1. The number of rotatable bonds is 5. The highest BCUT2D eigenvalue weighted by Crippen LogP contribution is 2.35. The van der Waals surface area contributed by atoms with Crippen molar-refractivity contribution in [3.63, 3.8) is 0 Å². The summed E-state index contributed by atoms with van der Waals surface area (Å²) in [6.45, 7) is 5.36. The Labute approximate surface area is 119 Å². The van der Waals surface area contributed by atoms with E-state index in [0.717, 1.165) is 24.2 Å². The molecular formula is C15H21ClN2O. The van der Waals surface area contributed by atoms with Crippen LogP contribution in [0.15, 0.2) is 12.1 Å². The molecule has 0 radical (unpaired) electrons. The summed E-state index contributed by atoms with van der Waals surface area (Å²) >= 11 is 6.19. The summed E-state index contributed by atoms with van der Waals surface area (Å²) in [4.78, 5) is 3.50. The Balaban J connectivity index is 2.61. The van der Waals surface area contributed by atoms with Gasteiger partial charge in [0, 0.05) is 16.6 Å². The van der Waals surface area contributed by atoms with Gasteiger partial charge in [-0.2, -0.15) is 0 Å². The maximum atomic E-state index is 6.19. The lowest BCUT2D eigenvalue weighted by atomic mass is 10.0. The number of ether oxygens (including phenoxy) is 1. The van der Waals surface area contributed by atoms with Crippen molar-refractivity contribution in [2.24, 2.45) is 0 Å². The molecule has 0 aliphatic carbocycles. The summed E-state index contributed by atoms with van der Waals surface area (Å²) in [5, 5.41) is 5.06. The van der Waals surface area contributed by atoms with E-state index in [1.165, 1.54) is 16.6 Å². The quantitative estimate of drug-likeness (QED) is 0.876. The third-order valence-corrected chi connectivity index (χ3v) is 3.71. The number of nitrogens with one attached hydrogen (secondary N) is 2. The van der Waals surface area contributed by atoms with Crippen LogP contribution in [0.4, 0.5) is 0 Å². The van der Waals surface area contributed by atoms with E-state index >= 15 is 0 Å². The summed E-state index contributed by atoms with van der Waals surface area (Å²) in [6.07, 6.45) is 0.995. The van der Waals surface area contributed by atoms with Gasteiger partial charge in [0.15, 0.2) is 0 Å². The molecule has 0 saturated heterocycles. The van der Waals surface area contributed by atoms with Gasteiger partial charge in [-0.25, -0.2) is 0 Å². The Bertz CT molecular complexity index is 575. The Morgan fingerprint density at radius 2 is 2.11 bits per heavy atom. The first kappa shape index (κ1) is 14.2. The first-order valence-electron chi connectivity index (χ1n) is 6.61. The lowest BCUT2D eigenvalue weighted by molar-refractivity contribution is 0.415. The van der Waals surface area contributed by atoms with E-state index in [9.17, 15) is 0 Å². The zero-order chi connectivity index (χ0) is 14.0. The molecule has 2 N–H and O–H groups in total. The molecule has 0 fully saturated rings. The molecule has 104 valence electrons. The average molecular weight is 281 g/mol. The summed E-state index contributed by atoms with van der Waals surface area (Å²) < 4.78 is 5.32. The molecule has 3 nitrogen and oxygen atoms in total. The Morgan fingerprint density at radius 3 is 2.68 bits per heavy atom. The zero-order valence-electron chi connectivity index (χ0n) is 11.9. The van der Waals surface area contributed by atoms with Gasteiger partial charge >= 0.3 is 0 Å². The van der Waals surface area contributed by atoms with Crippen molar-refractivity contribution >= 4 is 22.5 Å². The van der Waals surface area contributed by atoms with Crippen LogP contribution >= 0.6 is 11.6 Å². The van der Waals surface area contributed by atoms with Crippen LogP contribution in [-0.2, 0) is 6.42 Å². The van der Waals surface area contributed by atoms with Gasteiger partial charge in [0.25, 0.3) is 0 Å². The highest BCUT2D eigenvalue weighted by Gasteiger charge is 2.15. The van der Waals surface area contributed by atoms with Crippen molar-refractivity contribution in [2.45, 2.75) is 26.2 Å². The van der Waals surface area contributed by atoms with Crippen LogP contribution in [0.5, 0.6) is 5.75 Å². The lowest BCUT2D eigenvalue weighted by Gasteiger charge is -2.08. The van der Waals surface area contributed by atoms with Crippen molar-refractivity contribution in [2.75, 3.05) is 20.7 Å². The number of H-pyrrole nitrogens is 1. The van der Waals surface area contributed by atoms with E-state index in [1.54, 1.807) is 7.11 Å². The highest BCUT2D eigenvalue weighted by atomic mass is 35.5. The third kappa shape index (κ3) is 2.72. The molecule has 0 unspecified atom stereocenters. The van der Waals surface area contributed by atoms with Crippen molar-refractivity contribution in [3.8, 4) is 5.75 Å². The molecule has 0 aliphatic rings. The fourth-order valence-electron chi connectivity index (χ4n) is 2.44. The third-order valence-electron chi connectivity index (χ3n) is 3.41. The molecule has 0 saturated carbocycles. The van der Waals surface area contributed by atoms with Gasteiger partial charge in [-0.05, 0) is 43.6 Å². The predicted molar refractivity (Wildman–Crippen MR) is 81.6 cm³/mol. The summed E-state index contributed by atoms with van der Waals surface area (Å²) in [7, 11) is 3.62. The minimum Gasteiger partial charge on any atom is -0.495 e. The van der Waals surface area contributed by atoms with E-state index in [4.69, 9.17) is 16.3 Å². The second-order valence-electron chi connectivity index (χ2n) is 5.06. The van der Waals surface area contributed by atoms with E-state index in [0.29, 0.717) is 10.9 Å². The molecule has 1 aromatic carbocycles. The monoisotopic (exact) mass is 280 g/mol. The number of hydrogen-bond donors (Lipinski definition) is 2. The summed E-state index contributed by atoms with van der Waals surface area (Å²) in [6, 6.07) is 3.98. The second kappa shape index (κ2) is 5.85. The smallest absolute Gasteiger partial charge is 0.138 e. The standard InChI is InChI=1S/C15H21ClN2O/c1-9(2)15-10(5-6-17-3)11-7-14(19-4)12(16)8-13(11)18-15/h7-9,17-18H,5-6H2,1-4H3. The van der Waals surface area contributed by atoms with Crippen molar-refractivity contribution < 1.29 is 4.74 Å². The Hall–Kier alpha value is -1.19. The van der Waals surface area contributed by atoms with E-state index in [-0.39, 0.29) is 0 Å². The number of likely N-dealkylation sites (N-methyl/N-ethyl adjacent to an activating group) is 1. The maximum Gasteiger partial charge on any atom is 0.138 e. The van der Waals surface area contributed by atoms with Crippen LogP contribution < -0.4 is 10.1 Å². The molecule has 4 heteroatoms. The normalized spacial score (nSPS) is 11.5. The van der Waals surface area contributed by atoms with E-state index in [2.05, 4.69) is 24.1 Å². The van der Waals surface area contributed by atoms with Crippen LogP contribution in [-0.4, -0.2) is 25.7 Å². The molecule has 0 atom stereocenters.